The van der Waals surface area contributed by atoms with Crippen molar-refractivity contribution >= 4 is 23.5 Å². The van der Waals surface area contributed by atoms with Crippen LogP contribution in [0.4, 0.5) is 5.69 Å². The largest absolute Gasteiger partial charge is 0.455 e. The molecule has 2 aliphatic carbocycles. The number of rotatable bonds is 6. The highest BCUT2D eigenvalue weighted by Crippen LogP contribution is 2.22. The average Bonchev–Trinajstić information content (AvgIpc) is 3.45. The van der Waals surface area contributed by atoms with Crippen LogP contribution in [0.15, 0.2) is 36.4 Å². The molecule has 3 rings (SSSR count). The summed E-state index contributed by atoms with van der Waals surface area (Å²) in [5.41, 5.74) is 0.828. The molecule has 2 aliphatic rings. The zero-order valence-corrected chi connectivity index (χ0v) is 14.0. The molecule has 132 valence electrons. The zero-order valence-electron chi connectivity index (χ0n) is 14.0. The highest BCUT2D eigenvalue weighted by molar-refractivity contribution is 6.04. The number of nitrogens with one attached hydrogen (secondary N) is 2. The molecule has 0 bridgehead atoms. The van der Waals surface area contributed by atoms with E-state index in [1.54, 1.807) is 24.3 Å². The van der Waals surface area contributed by atoms with Crippen LogP contribution in [0.3, 0.4) is 0 Å². The van der Waals surface area contributed by atoms with Crippen LogP contribution in [-0.2, 0) is 14.3 Å². The Morgan fingerprint density at radius 1 is 1.08 bits per heavy atom. The SMILES string of the molecule is O=C(COC(=O)[C@@H]1CC=CCC1)Nc1ccccc1C(=O)NC1CC1. The summed E-state index contributed by atoms with van der Waals surface area (Å²) in [6.45, 7) is -0.350. The molecule has 1 atom stereocenters. The Hall–Kier alpha value is -2.63. The number of amides is 2. The number of para-hydroxylation sites is 1. The molecule has 0 saturated heterocycles. The number of allylic oxidation sites excluding steroid dienone is 2. The molecule has 1 fully saturated rings. The van der Waals surface area contributed by atoms with Crippen molar-refractivity contribution in [3.63, 3.8) is 0 Å². The highest BCUT2D eigenvalue weighted by atomic mass is 16.5. The van der Waals surface area contributed by atoms with Crippen molar-refractivity contribution in [2.24, 2.45) is 5.92 Å². The van der Waals surface area contributed by atoms with Gasteiger partial charge in [0.15, 0.2) is 6.61 Å². The number of anilines is 1. The lowest BCUT2D eigenvalue weighted by Crippen LogP contribution is -2.28. The molecule has 0 aromatic heterocycles. The standard InChI is InChI=1S/C19H22N2O4/c22-17(12-25-19(24)13-6-2-1-3-7-13)21-16-9-5-4-8-15(16)18(23)20-14-10-11-14/h1-2,4-5,8-9,13-14H,3,6-7,10-12H2,(H,20,23)(H,21,22)/t13-/m1/s1. The number of benzene rings is 1. The number of esters is 1. The second kappa shape index (κ2) is 7.96. The quantitative estimate of drug-likeness (QED) is 0.614. The van der Waals surface area contributed by atoms with Gasteiger partial charge in [-0.1, -0.05) is 24.3 Å². The van der Waals surface area contributed by atoms with E-state index < -0.39 is 5.91 Å². The Kier molecular flexibility index (Phi) is 5.48. The van der Waals surface area contributed by atoms with E-state index in [0.29, 0.717) is 17.7 Å². The molecule has 2 N–H and O–H groups in total. The zero-order chi connectivity index (χ0) is 17.6. The van der Waals surface area contributed by atoms with Crippen molar-refractivity contribution in [2.75, 3.05) is 11.9 Å². The minimum Gasteiger partial charge on any atom is -0.455 e. The smallest absolute Gasteiger partial charge is 0.309 e. The molecule has 0 heterocycles. The van der Waals surface area contributed by atoms with E-state index in [9.17, 15) is 14.4 Å². The number of hydrogen-bond donors (Lipinski definition) is 2. The van der Waals surface area contributed by atoms with E-state index in [1.165, 1.54) is 0 Å². The van der Waals surface area contributed by atoms with Crippen LogP contribution in [0, 0.1) is 5.92 Å². The number of carbonyl (C=O) groups is 3. The highest BCUT2D eigenvalue weighted by Gasteiger charge is 2.25. The fourth-order valence-electron chi connectivity index (χ4n) is 2.73. The first-order chi connectivity index (χ1) is 12.1. The maximum atomic E-state index is 12.2. The first kappa shape index (κ1) is 17.2. The third-order valence-electron chi connectivity index (χ3n) is 4.31. The number of hydrogen-bond acceptors (Lipinski definition) is 4. The first-order valence-electron chi connectivity index (χ1n) is 8.65. The minimum absolute atomic E-state index is 0.172. The predicted octanol–water partition coefficient (Wildman–Crippen LogP) is 2.42. The van der Waals surface area contributed by atoms with Gasteiger partial charge in [0, 0.05) is 6.04 Å². The summed E-state index contributed by atoms with van der Waals surface area (Å²) < 4.78 is 5.10. The molecule has 0 unspecified atom stereocenters. The average molecular weight is 342 g/mol. The van der Waals surface area contributed by atoms with Gasteiger partial charge < -0.3 is 15.4 Å². The van der Waals surface area contributed by atoms with E-state index >= 15 is 0 Å². The van der Waals surface area contributed by atoms with E-state index in [4.69, 9.17) is 4.74 Å². The normalized spacial score (nSPS) is 19.1. The van der Waals surface area contributed by atoms with Gasteiger partial charge in [-0.25, -0.2) is 0 Å². The lowest BCUT2D eigenvalue weighted by atomic mass is 9.95. The van der Waals surface area contributed by atoms with Gasteiger partial charge in [0.1, 0.15) is 0 Å². The maximum Gasteiger partial charge on any atom is 0.309 e. The summed E-state index contributed by atoms with van der Waals surface area (Å²) in [6, 6.07) is 7.04. The van der Waals surface area contributed by atoms with Crippen molar-refractivity contribution in [2.45, 2.75) is 38.1 Å². The van der Waals surface area contributed by atoms with Crippen LogP contribution >= 0.6 is 0 Å². The predicted molar refractivity (Wildman–Crippen MR) is 93.0 cm³/mol. The van der Waals surface area contributed by atoms with Gasteiger partial charge in [-0.05, 0) is 44.2 Å². The van der Waals surface area contributed by atoms with Gasteiger partial charge in [-0.15, -0.1) is 0 Å². The second-order valence-electron chi connectivity index (χ2n) is 6.43. The summed E-state index contributed by atoms with van der Waals surface area (Å²) in [4.78, 5) is 36.2. The first-order valence-corrected chi connectivity index (χ1v) is 8.65. The molecule has 0 spiro atoms. The Labute approximate surface area is 146 Å². The third kappa shape index (κ3) is 4.92. The van der Waals surface area contributed by atoms with Crippen LogP contribution in [0.1, 0.15) is 42.5 Å². The molecule has 6 nitrogen and oxygen atoms in total. The van der Waals surface area contributed by atoms with Crippen LogP contribution in [-0.4, -0.2) is 30.4 Å². The van der Waals surface area contributed by atoms with Gasteiger partial charge in [-0.3, -0.25) is 14.4 Å². The van der Waals surface area contributed by atoms with Gasteiger partial charge >= 0.3 is 5.97 Å². The van der Waals surface area contributed by atoms with Crippen LogP contribution in [0.25, 0.3) is 0 Å². The van der Waals surface area contributed by atoms with Crippen molar-refractivity contribution in [1.82, 2.24) is 5.32 Å². The molecule has 25 heavy (non-hydrogen) atoms. The molecule has 1 saturated carbocycles. The second-order valence-corrected chi connectivity index (χ2v) is 6.43. The Morgan fingerprint density at radius 3 is 2.60 bits per heavy atom. The van der Waals surface area contributed by atoms with Crippen molar-refractivity contribution in [3.8, 4) is 0 Å². The van der Waals surface area contributed by atoms with Gasteiger partial charge in [0.05, 0.1) is 17.2 Å². The molecular formula is C19H22N2O4. The molecule has 1 aromatic carbocycles. The molecule has 0 radical (unpaired) electrons. The Morgan fingerprint density at radius 2 is 1.88 bits per heavy atom. The lowest BCUT2D eigenvalue weighted by Gasteiger charge is -2.16. The molecule has 0 aliphatic heterocycles. The summed E-state index contributed by atoms with van der Waals surface area (Å²) >= 11 is 0. The Balaban J connectivity index is 1.53. The van der Waals surface area contributed by atoms with E-state index in [1.807, 2.05) is 12.2 Å². The van der Waals surface area contributed by atoms with Gasteiger partial charge in [0.25, 0.3) is 11.8 Å². The molecule has 1 aromatic rings. The topological polar surface area (TPSA) is 84.5 Å². The van der Waals surface area contributed by atoms with Crippen LogP contribution < -0.4 is 10.6 Å². The van der Waals surface area contributed by atoms with Crippen LogP contribution in [0.5, 0.6) is 0 Å². The van der Waals surface area contributed by atoms with E-state index in [-0.39, 0.29) is 30.4 Å². The lowest BCUT2D eigenvalue weighted by molar-refractivity contribution is -0.151. The monoisotopic (exact) mass is 342 g/mol. The molecule has 2 amide bonds. The summed E-state index contributed by atoms with van der Waals surface area (Å²) in [7, 11) is 0. The summed E-state index contributed by atoms with van der Waals surface area (Å²) in [5, 5.41) is 5.55. The fourth-order valence-corrected chi connectivity index (χ4v) is 2.73. The van der Waals surface area contributed by atoms with Crippen molar-refractivity contribution in [1.29, 1.82) is 0 Å². The fraction of sp³-hybridized carbons (Fsp3) is 0.421. The van der Waals surface area contributed by atoms with Crippen molar-refractivity contribution < 1.29 is 19.1 Å². The summed E-state index contributed by atoms with van der Waals surface area (Å²) in [5.74, 6) is -1.18. The molecular weight excluding hydrogens is 320 g/mol. The summed E-state index contributed by atoms with van der Waals surface area (Å²) in [6.07, 6.45) is 8.25. The van der Waals surface area contributed by atoms with Crippen LogP contribution in [0.2, 0.25) is 0 Å². The number of ether oxygens (including phenoxy) is 1. The number of carbonyl (C=O) groups excluding carboxylic acids is 3. The van der Waals surface area contributed by atoms with Gasteiger partial charge in [-0.2, -0.15) is 0 Å². The maximum absolute atomic E-state index is 12.2. The van der Waals surface area contributed by atoms with Crippen molar-refractivity contribution in [3.05, 3.63) is 42.0 Å². The van der Waals surface area contributed by atoms with E-state index in [0.717, 1.165) is 25.7 Å². The van der Waals surface area contributed by atoms with E-state index in [2.05, 4.69) is 10.6 Å². The third-order valence-corrected chi connectivity index (χ3v) is 4.31. The molecule has 6 heteroatoms. The minimum atomic E-state index is -0.452. The van der Waals surface area contributed by atoms with Gasteiger partial charge in [0.2, 0.25) is 0 Å². The Bertz CT molecular complexity index is 694.